The highest BCUT2D eigenvalue weighted by molar-refractivity contribution is 5.80. The van der Waals surface area contributed by atoms with E-state index in [-0.39, 0.29) is 17.3 Å². The number of nitro groups is 1. The van der Waals surface area contributed by atoms with Crippen molar-refractivity contribution in [3.05, 3.63) is 33.9 Å². The summed E-state index contributed by atoms with van der Waals surface area (Å²) < 4.78 is 5.40. The standard InChI is InChI=1S/C14H20N2O4/c1-9(2)8-15-14(17)11(4)20-13-6-5-10(3)7-12(13)16(18)19/h5-7,9,11H,8H2,1-4H3,(H,15,17). The number of aryl methyl sites for hydroxylation is 1. The monoisotopic (exact) mass is 280 g/mol. The molecule has 0 aliphatic carbocycles. The Balaban J connectivity index is 2.77. The molecule has 1 aromatic carbocycles. The van der Waals surface area contributed by atoms with Crippen LogP contribution >= 0.6 is 0 Å². The highest BCUT2D eigenvalue weighted by atomic mass is 16.6. The molecule has 0 spiro atoms. The van der Waals surface area contributed by atoms with Gasteiger partial charge in [0.1, 0.15) is 0 Å². The van der Waals surface area contributed by atoms with E-state index >= 15 is 0 Å². The lowest BCUT2D eigenvalue weighted by Crippen LogP contribution is -2.38. The Bertz CT molecular complexity index is 500. The molecule has 0 aliphatic heterocycles. The van der Waals surface area contributed by atoms with E-state index in [4.69, 9.17) is 4.74 Å². The molecule has 20 heavy (non-hydrogen) atoms. The molecule has 6 nitrogen and oxygen atoms in total. The zero-order valence-corrected chi connectivity index (χ0v) is 12.2. The first-order valence-electron chi connectivity index (χ1n) is 6.50. The first kappa shape index (κ1) is 15.9. The third-order valence-corrected chi connectivity index (χ3v) is 2.67. The first-order chi connectivity index (χ1) is 9.31. The van der Waals surface area contributed by atoms with Crippen LogP contribution in [0.5, 0.6) is 5.75 Å². The Morgan fingerprint density at radius 2 is 2.05 bits per heavy atom. The fourth-order valence-corrected chi connectivity index (χ4v) is 1.56. The molecule has 0 heterocycles. The molecular formula is C14H20N2O4. The maximum Gasteiger partial charge on any atom is 0.311 e. The number of nitrogens with zero attached hydrogens (tertiary/aromatic N) is 1. The van der Waals surface area contributed by atoms with Crippen LogP contribution in [0.2, 0.25) is 0 Å². The first-order valence-corrected chi connectivity index (χ1v) is 6.50. The molecule has 1 N–H and O–H groups in total. The number of carbonyl (C=O) groups is 1. The molecule has 0 fully saturated rings. The van der Waals surface area contributed by atoms with Gasteiger partial charge in [0, 0.05) is 12.6 Å². The van der Waals surface area contributed by atoms with Crippen molar-refractivity contribution in [3.63, 3.8) is 0 Å². The van der Waals surface area contributed by atoms with Crippen LogP contribution in [-0.2, 0) is 4.79 Å². The van der Waals surface area contributed by atoms with Crippen LogP contribution in [0.1, 0.15) is 26.3 Å². The van der Waals surface area contributed by atoms with Crippen molar-refractivity contribution in [1.82, 2.24) is 5.32 Å². The summed E-state index contributed by atoms with van der Waals surface area (Å²) >= 11 is 0. The SMILES string of the molecule is Cc1ccc(OC(C)C(=O)NCC(C)C)c([N+](=O)[O-])c1. The second kappa shape index (κ2) is 6.88. The third kappa shape index (κ3) is 4.53. The molecule has 1 rings (SSSR count). The maximum absolute atomic E-state index is 11.8. The van der Waals surface area contributed by atoms with Gasteiger partial charge in [0.2, 0.25) is 0 Å². The molecule has 1 unspecified atom stereocenters. The van der Waals surface area contributed by atoms with Gasteiger partial charge in [-0.3, -0.25) is 14.9 Å². The van der Waals surface area contributed by atoms with Gasteiger partial charge in [-0.25, -0.2) is 0 Å². The molecule has 0 aromatic heterocycles. The predicted octanol–water partition coefficient (Wildman–Crippen LogP) is 2.44. The molecule has 110 valence electrons. The van der Waals surface area contributed by atoms with E-state index in [0.29, 0.717) is 12.5 Å². The number of nitro benzene ring substituents is 1. The van der Waals surface area contributed by atoms with Crippen LogP contribution in [0.3, 0.4) is 0 Å². The van der Waals surface area contributed by atoms with Crippen molar-refractivity contribution >= 4 is 11.6 Å². The fourth-order valence-electron chi connectivity index (χ4n) is 1.56. The topological polar surface area (TPSA) is 81.5 Å². The number of benzene rings is 1. The van der Waals surface area contributed by atoms with Crippen LogP contribution in [0.15, 0.2) is 18.2 Å². The molecule has 0 bridgehead atoms. The lowest BCUT2D eigenvalue weighted by atomic mass is 10.2. The van der Waals surface area contributed by atoms with Crippen molar-refractivity contribution < 1.29 is 14.5 Å². The molecule has 0 radical (unpaired) electrons. The minimum absolute atomic E-state index is 0.104. The number of hydrogen-bond acceptors (Lipinski definition) is 4. The summed E-state index contributed by atoms with van der Waals surface area (Å²) in [7, 11) is 0. The Labute approximate surface area is 118 Å². The van der Waals surface area contributed by atoms with Crippen molar-refractivity contribution in [3.8, 4) is 5.75 Å². The Morgan fingerprint density at radius 1 is 1.40 bits per heavy atom. The maximum atomic E-state index is 11.8. The van der Waals surface area contributed by atoms with E-state index < -0.39 is 11.0 Å². The number of carbonyl (C=O) groups excluding carboxylic acids is 1. The van der Waals surface area contributed by atoms with E-state index in [0.717, 1.165) is 5.56 Å². The third-order valence-electron chi connectivity index (χ3n) is 2.67. The smallest absolute Gasteiger partial charge is 0.311 e. The average Bonchev–Trinajstić information content (AvgIpc) is 2.37. The molecule has 1 atom stereocenters. The fraction of sp³-hybridized carbons (Fsp3) is 0.500. The number of amides is 1. The predicted molar refractivity (Wildman–Crippen MR) is 75.8 cm³/mol. The van der Waals surface area contributed by atoms with E-state index in [1.54, 1.807) is 19.9 Å². The van der Waals surface area contributed by atoms with Gasteiger partial charge >= 0.3 is 5.69 Å². The quantitative estimate of drug-likeness (QED) is 0.641. The van der Waals surface area contributed by atoms with E-state index in [1.165, 1.54) is 12.1 Å². The minimum Gasteiger partial charge on any atom is -0.474 e. The molecule has 1 amide bonds. The summed E-state index contributed by atoms with van der Waals surface area (Å²) in [6, 6.07) is 4.65. The van der Waals surface area contributed by atoms with E-state index in [1.807, 2.05) is 13.8 Å². The Hall–Kier alpha value is -2.11. The normalized spacial score (nSPS) is 12.1. The summed E-state index contributed by atoms with van der Waals surface area (Å²) in [5.74, 6) is 0.154. The highest BCUT2D eigenvalue weighted by Gasteiger charge is 2.21. The van der Waals surface area contributed by atoms with Crippen LogP contribution < -0.4 is 10.1 Å². The Morgan fingerprint density at radius 3 is 2.60 bits per heavy atom. The van der Waals surface area contributed by atoms with Gasteiger partial charge in [0.15, 0.2) is 11.9 Å². The van der Waals surface area contributed by atoms with Crippen LogP contribution in [-0.4, -0.2) is 23.5 Å². The molecular weight excluding hydrogens is 260 g/mol. The minimum atomic E-state index is -0.782. The second-order valence-electron chi connectivity index (χ2n) is 5.13. The lowest BCUT2D eigenvalue weighted by Gasteiger charge is -2.15. The van der Waals surface area contributed by atoms with Crippen LogP contribution in [0.25, 0.3) is 0 Å². The number of hydrogen-bond donors (Lipinski definition) is 1. The molecule has 0 saturated carbocycles. The lowest BCUT2D eigenvalue weighted by molar-refractivity contribution is -0.386. The Kier molecular flexibility index (Phi) is 5.49. The number of ether oxygens (including phenoxy) is 1. The summed E-state index contributed by atoms with van der Waals surface area (Å²) in [6.07, 6.45) is -0.782. The summed E-state index contributed by atoms with van der Waals surface area (Å²) in [4.78, 5) is 22.2. The largest absolute Gasteiger partial charge is 0.474 e. The van der Waals surface area contributed by atoms with Crippen molar-refractivity contribution in [2.45, 2.75) is 33.8 Å². The summed E-state index contributed by atoms with van der Waals surface area (Å²) in [5.41, 5.74) is 0.634. The molecule has 6 heteroatoms. The van der Waals surface area contributed by atoms with Crippen LogP contribution in [0.4, 0.5) is 5.69 Å². The molecule has 0 aliphatic rings. The number of nitrogens with one attached hydrogen (secondary N) is 1. The summed E-state index contributed by atoms with van der Waals surface area (Å²) in [5, 5.41) is 13.7. The van der Waals surface area contributed by atoms with Crippen LogP contribution in [0, 0.1) is 23.0 Å². The van der Waals surface area contributed by atoms with Gasteiger partial charge < -0.3 is 10.1 Å². The van der Waals surface area contributed by atoms with Gasteiger partial charge in [0.25, 0.3) is 5.91 Å². The van der Waals surface area contributed by atoms with E-state index in [2.05, 4.69) is 5.32 Å². The average molecular weight is 280 g/mol. The van der Waals surface area contributed by atoms with Crippen molar-refractivity contribution in [1.29, 1.82) is 0 Å². The second-order valence-corrected chi connectivity index (χ2v) is 5.13. The van der Waals surface area contributed by atoms with Gasteiger partial charge in [0.05, 0.1) is 4.92 Å². The molecule has 1 aromatic rings. The highest BCUT2D eigenvalue weighted by Crippen LogP contribution is 2.28. The van der Waals surface area contributed by atoms with Gasteiger partial charge in [-0.2, -0.15) is 0 Å². The summed E-state index contributed by atoms with van der Waals surface area (Å²) in [6.45, 7) is 7.84. The van der Waals surface area contributed by atoms with E-state index in [9.17, 15) is 14.9 Å². The van der Waals surface area contributed by atoms with Crippen molar-refractivity contribution in [2.24, 2.45) is 5.92 Å². The van der Waals surface area contributed by atoms with Gasteiger partial charge in [-0.05, 0) is 31.4 Å². The zero-order valence-electron chi connectivity index (χ0n) is 12.2. The van der Waals surface area contributed by atoms with Gasteiger partial charge in [-0.1, -0.05) is 19.9 Å². The van der Waals surface area contributed by atoms with Gasteiger partial charge in [-0.15, -0.1) is 0 Å². The molecule has 0 saturated heterocycles. The number of rotatable bonds is 6. The van der Waals surface area contributed by atoms with Crippen molar-refractivity contribution in [2.75, 3.05) is 6.54 Å². The zero-order chi connectivity index (χ0) is 15.3.